The highest BCUT2D eigenvalue weighted by Crippen LogP contribution is 2.20. The Labute approximate surface area is 176 Å². The molecule has 0 unspecified atom stereocenters. The van der Waals surface area contributed by atoms with Crippen molar-refractivity contribution in [2.24, 2.45) is 5.92 Å². The van der Waals surface area contributed by atoms with Gasteiger partial charge >= 0.3 is 0 Å². The third kappa shape index (κ3) is 6.24. The fourth-order valence-corrected chi connectivity index (χ4v) is 5.09. The van der Waals surface area contributed by atoms with E-state index in [1.807, 2.05) is 0 Å². The van der Waals surface area contributed by atoms with Crippen molar-refractivity contribution in [3.63, 3.8) is 0 Å². The fraction of sp³-hybridized carbons (Fsp3) is 0.381. The summed E-state index contributed by atoms with van der Waals surface area (Å²) in [5, 5.41) is 5.10. The summed E-state index contributed by atoms with van der Waals surface area (Å²) < 4.78 is 26.5. The predicted molar refractivity (Wildman–Crippen MR) is 116 cm³/mol. The van der Waals surface area contributed by atoms with Crippen molar-refractivity contribution in [3.8, 4) is 0 Å². The summed E-state index contributed by atoms with van der Waals surface area (Å²) in [6.07, 6.45) is 3.61. The van der Waals surface area contributed by atoms with Crippen molar-refractivity contribution < 1.29 is 13.2 Å². The topological polar surface area (TPSA) is 78.5 Å². The van der Waals surface area contributed by atoms with Gasteiger partial charge in [-0.3, -0.25) is 9.69 Å². The molecule has 0 bridgehead atoms. The lowest BCUT2D eigenvalue weighted by atomic mass is 9.96. The maximum Gasteiger partial charge on any atom is 0.251 e. The van der Waals surface area contributed by atoms with Gasteiger partial charge in [0.15, 0.2) is 0 Å². The van der Waals surface area contributed by atoms with E-state index in [1.54, 1.807) is 23.5 Å². The van der Waals surface area contributed by atoms with Crippen LogP contribution in [0.1, 0.15) is 28.1 Å². The third-order valence-corrected chi connectivity index (χ3v) is 7.36. The molecule has 1 aliphatic rings. The van der Waals surface area contributed by atoms with Gasteiger partial charge in [-0.15, -0.1) is 17.9 Å². The first-order valence-corrected chi connectivity index (χ1v) is 12.1. The monoisotopic (exact) mass is 433 g/mol. The second kappa shape index (κ2) is 10.2. The zero-order valence-electron chi connectivity index (χ0n) is 16.3. The Hall–Kier alpha value is -2.00. The van der Waals surface area contributed by atoms with Gasteiger partial charge in [0.1, 0.15) is 0 Å². The number of likely N-dealkylation sites (tertiary alicyclic amines) is 1. The van der Waals surface area contributed by atoms with Crippen LogP contribution in [0, 0.1) is 5.92 Å². The van der Waals surface area contributed by atoms with Gasteiger partial charge in [-0.2, -0.15) is 0 Å². The average molecular weight is 434 g/mol. The van der Waals surface area contributed by atoms with Crippen LogP contribution < -0.4 is 10.0 Å². The summed E-state index contributed by atoms with van der Waals surface area (Å²) in [7, 11) is -3.58. The molecule has 1 aromatic carbocycles. The number of amides is 1. The minimum atomic E-state index is -3.58. The summed E-state index contributed by atoms with van der Waals surface area (Å²) >= 11 is 1.79. The number of carbonyl (C=O) groups is 1. The quantitative estimate of drug-likeness (QED) is 0.596. The van der Waals surface area contributed by atoms with E-state index in [0.717, 1.165) is 32.5 Å². The number of hydrogen-bond donors (Lipinski definition) is 2. The predicted octanol–water partition coefficient (Wildman–Crippen LogP) is 2.85. The molecule has 1 fully saturated rings. The zero-order valence-corrected chi connectivity index (χ0v) is 18.0. The minimum Gasteiger partial charge on any atom is -0.352 e. The Balaban J connectivity index is 1.44. The smallest absolute Gasteiger partial charge is 0.251 e. The Morgan fingerprint density at radius 1 is 1.21 bits per heavy atom. The molecule has 1 saturated heterocycles. The number of rotatable bonds is 9. The Bertz CT molecular complexity index is 901. The lowest BCUT2D eigenvalue weighted by Crippen LogP contribution is -2.38. The van der Waals surface area contributed by atoms with E-state index in [-0.39, 0.29) is 17.3 Å². The molecule has 2 heterocycles. The van der Waals surface area contributed by atoms with Crippen LogP contribution in [0.4, 0.5) is 0 Å². The molecule has 0 radical (unpaired) electrons. The Morgan fingerprint density at radius 2 is 1.93 bits per heavy atom. The van der Waals surface area contributed by atoms with E-state index in [2.05, 4.69) is 39.0 Å². The van der Waals surface area contributed by atoms with Crippen LogP contribution in [0.3, 0.4) is 0 Å². The summed E-state index contributed by atoms with van der Waals surface area (Å²) in [5.41, 5.74) is 0.461. The molecule has 0 saturated carbocycles. The SMILES string of the molecule is C=CCNS(=O)(=O)c1ccc(C(=O)NCC2CCN(Cc3cccs3)CC2)cc1. The Morgan fingerprint density at radius 3 is 2.55 bits per heavy atom. The molecule has 29 heavy (non-hydrogen) atoms. The van der Waals surface area contributed by atoms with Crippen molar-refractivity contribution in [1.82, 2.24) is 14.9 Å². The van der Waals surface area contributed by atoms with Crippen LogP contribution >= 0.6 is 11.3 Å². The molecule has 1 amide bonds. The van der Waals surface area contributed by atoms with Crippen molar-refractivity contribution >= 4 is 27.3 Å². The first-order valence-electron chi connectivity index (χ1n) is 9.71. The van der Waals surface area contributed by atoms with Crippen LogP contribution in [0.15, 0.2) is 59.3 Å². The fourth-order valence-electron chi connectivity index (χ4n) is 3.35. The first kappa shape index (κ1) is 21.7. The second-order valence-electron chi connectivity index (χ2n) is 7.17. The van der Waals surface area contributed by atoms with Gasteiger partial charge < -0.3 is 5.32 Å². The van der Waals surface area contributed by atoms with Gasteiger partial charge in [0.25, 0.3) is 5.91 Å². The lowest BCUT2D eigenvalue weighted by molar-refractivity contribution is 0.0935. The molecule has 1 aromatic heterocycles. The molecule has 8 heteroatoms. The molecule has 2 aromatic rings. The first-order chi connectivity index (χ1) is 14.0. The molecule has 3 rings (SSSR count). The number of nitrogens with one attached hydrogen (secondary N) is 2. The minimum absolute atomic E-state index is 0.133. The van der Waals surface area contributed by atoms with Crippen molar-refractivity contribution in [3.05, 3.63) is 64.9 Å². The molecule has 0 aliphatic carbocycles. The number of sulfonamides is 1. The van der Waals surface area contributed by atoms with Gasteiger partial charge in [-0.25, -0.2) is 13.1 Å². The normalized spacial score (nSPS) is 15.9. The molecule has 156 valence electrons. The molecule has 0 spiro atoms. The van der Waals surface area contributed by atoms with Crippen molar-refractivity contribution in [1.29, 1.82) is 0 Å². The summed E-state index contributed by atoms with van der Waals surface area (Å²) in [4.78, 5) is 16.4. The van der Waals surface area contributed by atoms with E-state index in [4.69, 9.17) is 0 Å². The largest absolute Gasteiger partial charge is 0.352 e. The standard InChI is InChI=1S/C21H27N3O3S2/c1-2-11-23-29(26,27)20-7-5-18(6-8-20)21(25)22-15-17-9-12-24(13-10-17)16-19-4-3-14-28-19/h2-8,14,17,23H,1,9-13,15-16H2,(H,22,25). The van der Waals surface area contributed by atoms with Crippen LogP contribution in [-0.2, 0) is 16.6 Å². The van der Waals surface area contributed by atoms with E-state index < -0.39 is 10.0 Å². The molecule has 6 nitrogen and oxygen atoms in total. The number of piperidine rings is 1. The van der Waals surface area contributed by atoms with Crippen molar-refractivity contribution in [2.75, 3.05) is 26.2 Å². The molecule has 2 N–H and O–H groups in total. The molecular weight excluding hydrogens is 406 g/mol. The maximum absolute atomic E-state index is 12.4. The molecular formula is C21H27N3O3S2. The van der Waals surface area contributed by atoms with Gasteiger partial charge in [0, 0.05) is 30.1 Å². The molecule has 0 atom stereocenters. The van der Waals surface area contributed by atoms with Gasteiger partial charge in [0.2, 0.25) is 10.0 Å². The molecule has 1 aliphatic heterocycles. The second-order valence-corrected chi connectivity index (χ2v) is 9.97. The van der Waals surface area contributed by atoms with E-state index in [1.165, 1.54) is 23.1 Å². The highest BCUT2D eigenvalue weighted by Gasteiger charge is 2.20. The zero-order chi connectivity index (χ0) is 20.7. The van der Waals surface area contributed by atoms with Gasteiger partial charge in [-0.05, 0) is 67.6 Å². The maximum atomic E-state index is 12.4. The highest BCUT2D eigenvalue weighted by molar-refractivity contribution is 7.89. The van der Waals surface area contributed by atoms with Crippen LogP contribution in [0.25, 0.3) is 0 Å². The van der Waals surface area contributed by atoms with Crippen LogP contribution in [0.2, 0.25) is 0 Å². The average Bonchev–Trinajstić information content (AvgIpc) is 3.25. The lowest BCUT2D eigenvalue weighted by Gasteiger charge is -2.31. The number of carbonyl (C=O) groups excluding carboxylic acids is 1. The van der Waals surface area contributed by atoms with E-state index >= 15 is 0 Å². The van der Waals surface area contributed by atoms with Gasteiger partial charge in [-0.1, -0.05) is 12.1 Å². The van der Waals surface area contributed by atoms with Crippen LogP contribution in [-0.4, -0.2) is 45.4 Å². The number of benzene rings is 1. The van der Waals surface area contributed by atoms with E-state index in [0.29, 0.717) is 18.0 Å². The summed E-state index contributed by atoms with van der Waals surface area (Å²) in [5.74, 6) is 0.301. The van der Waals surface area contributed by atoms with Crippen LogP contribution in [0.5, 0.6) is 0 Å². The Kier molecular flexibility index (Phi) is 7.60. The number of thiophene rings is 1. The van der Waals surface area contributed by atoms with Gasteiger partial charge in [0.05, 0.1) is 4.90 Å². The number of hydrogen-bond acceptors (Lipinski definition) is 5. The highest BCUT2D eigenvalue weighted by atomic mass is 32.2. The number of nitrogens with zero attached hydrogens (tertiary/aromatic N) is 1. The summed E-state index contributed by atoms with van der Waals surface area (Å²) in [6, 6.07) is 10.2. The van der Waals surface area contributed by atoms with Crippen molar-refractivity contribution in [2.45, 2.75) is 24.3 Å². The van der Waals surface area contributed by atoms with E-state index in [9.17, 15) is 13.2 Å². The summed E-state index contributed by atoms with van der Waals surface area (Å²) in [6.45, 7) is 7.40. The third-order valence-electron chi connectivity index (χ3n) is 5.06.